The first-order valence-corrected chi connectivity index (χ1v) is 8.79. The molecule has 0 aliphatic carbocycles. The summed E-state index contributed by atoms with van der Waals surface area (Å²) in [4.78, 5) is 8.50. The largest absolute Gasteiger partial charge is 0.367 e. The van der Waals surface area contributed by atoms with Gasteiger partial charge >= 0.3 is 0 Å². The molecule has 0 amide bonds. The summed E-state index contributed by atoms with van der Waals surface area (Å²) < 4.78 is 11.1. The second-order valence-electron chi connectivity index (χ2n) is 4.91. The van der Waals surface area contributed by atoms with Crippen LogP contribution in [0.5, 0.6) is 0 Å². The molecule has 2 unspecified atom stereocenters. The Kier molecular flexibility index (Phi) is 5.70. The fourth-order valence-electron chi connectivity index (χ4n) is 1.91. The van der Waals surface area contributed by atoms with Crippen LogP contribution in [0.1, 0.15) is 13.3 Å². The van der Waals surface area contributed by atoms with E-state index in [0.717, 1.165) is 23.5 Å². The van der Waals surface area contributed by atoms with Gasteiger partial charge in [-0.1, -0.05) is 23.7 Å². The molecular weight excluding hydrogens is 306 g/mol. The molecular formula is C15H18ClN3OS. The van der Waals surface area contributed by atoms with E-state index in [9.17, 15) is 4.21 Å². The number of halogens is 1. The van der Waals surface area contributed by atoms with Crippen LogP contribution in [0.4, 0.5) is 5.82 Å². The van der Waals surface area contributed by atoms with E-state index in [1.165, 1.54) is 6.33 Å². The monoisotopic (exact) mass is 323 g/mol. The van der Waals surface area contributed by atoms with Crippen molar-refractivity contribution in [2.24, 2.45) is 0 Å². The van der Waals surface area contributed by atoms with Gasteiger partial charge in [-0.05, 0) is 25.5 Å². The van der Waals surface area contributed by atoms with Crippen molar-refractivity contribution in [2.75, 3.05) is 17.3 Å². The minimum Gasteiger partial charge on any atom is -0.367 e. The Hall–Kier alpha value is -1.46. The smallest absolute Gasteiger partial charge is 0.130 e. The molecule has 2 rings (SSSR count). The van der Waals surface area contributed by atoms with E-state index >= 15 is 0 Å². The van der Waals surface area contributed by atoms with Crippen LogP contribution in [0.3, 0.4) is 0 Å². The van der Waals surface area contributed by atoms with Crippen molar-refractivity contribution in [1.82, 2.24) is 9.97 Å². The third-order valence-electron chi connectivity index (χ3n) is 3.02. The zero-order valence-electron chi connectivity index (χ0n) is 12.0. The van der Waals surface area contributed by atoms with Gasteiger partial charge in [-0.15, -0.1) is 0 Å². The Balaban J connectivity index is 2.09. The van der Waals surface area contributed by atoms with Gasteiger partial charge < -0.3 is 5.32 Å². The summed E-state index contributed by atoms with van der Waals surface area (Å²) in [7, 11) is -0.768. The fourth-order valence-corrected chi connectivity index (χ4v) is 2.79. The van der Waals surface area contributed by atoms with Crippen molar-refractivity contribution in [1.29, 1.82) is 0 Å². The summed E-state index contributed by atoms with van der Waals surface area (Å²) in [6.45, 7) is 2.05. The van der Waals surface area contributed by atoms with E-state index in [1.54, 1.807) is 6.26 Å². The topological polar surface area (TPSA) is 54.9 Å². The molecule has 0 radical (unpaired) electrons. The molecule has 2 atom stereocenters. The normalized spacial score (nSPS) is 13.7. The highest BCUT2D eigenvalue weighted by Crippen LogP contribution is 2.22. The van der Waals surface area contributed by atoms with Crippen LogP contribution in [0.15, 0.2) is 36.7 Å². The van der Waals surface area contributed by atoms with Crippen molar-refractivity contribution >= 4 is 28.2 Å². The Morgan fingerprint density at radius 2 is 2.14 bits per heavy atom. The van der Waals surface area contributed by atoms with E-state index < -0.39 is 10.8 Å². The molecule has 0 fully saturated rings. The molecule has 1 aromatic carbocycles. The number of benzene rings is 1. The van der Waals surface area contributed by atoms with Gasteiger partial charge in [-0.25, -0.2) is 9.97 Å². The van der Waals surface area contributed by atoms with Crippen molar-refractivity contribution in [3.8, 4) is 11.3 Å². The molecule has 2 aromatic rings. The van der Waals surface area contributed by atoms with E-state index in [0.29, 0.717) is 10.8 Å². The van der Waals surface area contributed by atoms with Crippen LogP contribution in [0.25, 0.3) is 11.3 Å². The molecule has 0 spiro atoms. The van der Waals surface area contributed by atoms with Gasteiger partial charge in [0.25, 0.3) is 0 Å². The SMILES string of the molecule is CC(CCS(C)=O)Nc1cc(-c2cccc(Cl)c2)ncn1. The molecule has 1 heterocycles. The number of nitrogens with zero attached hydrogens (tertiary/aromatic N) is 2. The number of hydrogen-bond donors (Lipinski definition) is 1. The maximum Gasteiger partial charge on any atom is 0.130 e. The lowest BCUT2D eigenvalue weighted by molar-refractivity contribution is 0.678. The predicted molar refractivity (Wildman–Crippen MR) is 89.1 cm³/mol. The number of anilines is 1. The van der Waals surface area contributed by atoms with E-state index in [1.807, 2.05) is 37.3 Å². The molecule has 1 N–H and O–H groups in total. The minimum absolute atomic E-state index is 0.205. The summed E-state index contributed by atoms with van der Waals surface area (Å²) in [5.41, 5.74) is 1.77. The molecule has 4 nitrogen and oxygen atoms in total. The van der Waals surface area contributed by atoms with Gasteiger partial charge in [0.2, 0.25) is 0 Å². The summed E-state index contributed by atoms with van der Waals surface area (Å²) >= 11 is 6.00. The van der Waals surface area contributed by atoms with E-state index in [4.69, 9.17) is 11.6 Å². The average Bonchev–Trinajstić information content (AvgIpc) is 2.45. The Morgan fingerprint density at radius 1 is 1.33 bits per heavy atom. The minimum atomic E-state index is -0.768. The molecule has 1 aromatic heterocycles. The third kappa shape index (κ3) is 5.10. The highest BCUT2D eigenvalue weighted by molar-refractivity contribution is 7.84. The second kappa shape index (κ2) is 7.52. The maximum absolute atomic E-state index is 11.1. The summed E-state index contributed by atoms with van der Waals surface area (Å²) in [6, 6.07) is 9.66. The van der Waals surface area contributed by atoms with Crippen LogP contribution in [-0.4, -0.2) is 32.2 Å². The molecule has 0 bridgehead atoms. The summed E-state index contributed by atoms with van der Waals surface area (Å²) in [6.07, 6.45) is 4.08. The van der Waals surface area contributed by atoms with Crippen LogP contribution < -0.4 is 5.32 Å². The van der Waals surface area contributed by atoms with Crippen LogP contribution in [-0.2, 0) is 10.8 Å². The molecule has 0 saturated heterocycles. The molecule has 6 heteroatoms. The number of rotatable bonds is 6. The van der Waals surface area contributed by atoms with Crippen LogP contribution in [0.2, 0.25) is 5.02 Å². The van der Waals surface area contributed by atoms with E-state index in [-0.39, 0.29) is 6.04 Å². The van der Waals surface area contributed by atoms with Gasteiger partial charge in [-0.2, -0.15) is 0 Å². The van der Waals surface area contributed by atoms with Gasteiger partial charge in [-0.3, -0.25) is 4.21 Å². The zero-order chi connectivity index (χ0) is 15.2. The Labute approximate surface area is 132 Å². The third-order valence-corrected chi connectivity index (χ3v) is 4.07. The second-order valence-corrected chi connectivity index (χ2v) is 6.90. The maximum atomic E-state index is 11.1. The van der Waals surface area contributed by atoms with E-state index in [2.05, 4.69) is 15.3 Å². The van der Waals surface area contributed by atoms with Crippen LogP contribution in [0, 0.1) is 0 Å². The number of aromatic nitrogens is 2. The van der Waals surface area contributed by atoms with Crippen molar-refractivity contribution in [2.45, 2.75) is 19.4 Å². The lowest BCUT2D eigenvalue weighted by Crippen LogP contribution is -2.18. The van der Waals surface area contributed by atoms with Gasteiger partial charge in [0.1, 0.15) is 12.1 Å². The summed E-state index contributed by atoms with van der Waals surface area (Å²) in [5.74, 6) is 1.44. The van der Waals surface area contributed by atoms with Gasteiger partial charge in [0.15, 0.2) is 0 Å². The number of hydrogen-bond acceptors (Lipinski definition) is 4. The molecule has 112 valence electrons. The standard InChI is InChI=1S/C15H18ClN3OS/c1-11(6-7-21(2)20)19-15-9-14(17-10-18-15)12-4-3-5-13(16)8-12/h3-5,8-11H,6-7H2,1-2H3,(H,17,18,19). The molecule has 0 aliphatic rings. The van der Waals surface area contributed by atoms with Crippen molar-refractivity contribution in [3.05, 3.63) is 41.7 Å². The number of nitrogens with one attached hydrogen (secondary N) is 1. The van der Waals surface area contributed by atoms with Gasteiger partial charge in [0, 0.05) is 45.5 Å². The Bertz CT molecular complexity index is 636. The van der Waals surface area contributed by atoms with Crippen molar-refractivity contribution in [3.63, 3.8) is 0 Å². The van der Waals surface area contributed by atoms with Crippen molar-refractivity contribution < 1.29 is 4.21 Å². The Morgan fingerprint density at radius 3 is 2.86 bits per heavy atom. The summed E-state index contributed by atoms with van der Waals surface area (Å²) in [5, 5.41) is 3.98. The highest BCUT2D eigenvalue weighted by atomic mass is 35.5. The fraction of sp³-hybridized carbons (Fsp3) is 0.333. The zero-order valence-corrected chi connectivity index (χ0v) is 13.6. The molecule has 21 heavy (non-hydrogen) atoms. The highest BCUT2D eigenvalue weighted by Gasteiger charge is 2.06. The first-order valence-electron chi connectivity index (χ1n) is 6.69. The molecule has 0 saturated carbocycles. The lowest BCUT2D eigenvalue weighted by Gasteiger charge is -2.14. The lowest BCUT2D eigenvalue weighted by atomic mass is 10.1. The first kappa shape index (κ1) is 15.9. The molecule has 0 aliphatic heterocycles. The van der Waals surface area contributed by atoms with Gasteiger partial charge in [0.05, 0.1) is 5.69 Å². The quantitative estimate of drug-likeness (QED) is 0.885. The first-order chi connectivity index (χ1) is 10.0. The predicted octanol–water partition coefficient (Wildman–Crippen LogP) is 3.37. The average molecular weight is 324 g/mol. The van der Waals surface area contributed by atoms with Crippen LogP contribution >= 0.6 is 11.6 Å².